The van der Waals surface area contributed by atoms with Crippen LogP contribution in [0.2, 0.25) is 5.02 Å². The van der Waals surface area contributed by atoms with E-state index in [4.69, 9.17) is 21.1 Å². The number of nitrogens with zero attached hydrogens (tertiary/aromatic N) is 1. The first-order valence-corrected chi connectivity index (χ1v) is 12.7. The van der Waals surface area contributed by atoms with Crippen LogP contribution in [0.5, 0.6) is 0 Å². The molecule has 33 heavy (non-hydrogen) atoms. The molecule has 2 saturated heterocycles. The zero-order chi connectivity index (χ0) is 23.4. The number of halogens is 1. The monoisotopic (exact) mass is 494 g/mol. The zero-order valence-electron chi connectivity index (χ0n) is 18.0. The molecule has 178 valence electrons. The summed E-state index contributed by atoms with van der Waals surface area (Å²) in [6.07, 6.45) is -0.755. The van der Waals surface area contributed by atoms with Crippen LogP contribution in [0, 0.1) is 0 Å². The van der Waals surface area contributed by atoms with Gasteiger partial charge in [0.1, 0.15) is 0 Å². The van der Waals surface area contributed by atoms with Crippen molar-refractivity contribution in [3.05, 3.63) is 59.6 Å². The summed E-state index contributed by atoms with van der Waals surface area (Å²) in [6, 6.07) is 14.7. The Bertz CT molecular complexity index is 1070. The lowest BCUT2D eigenvalue weighted by molar-refractivity contribution is -0.144. The number of hydrogen-bond donors (Lipinski definition) is 2. The van der Waals surface area contributed by atoms with Crippen LogP contribution in [-0.4, -0.2) is 67.8 Å². The Hall–Kier alpha value is -2.01. The lowest BCUT2D eigenvalue weighted by atomic mass is 9.96. The number of sulfonamides is 1. The molecule has 2 aliphatic rings. The average Bonchev–Trinajstić information content (AvgIpc) is 2.77. The van der Waals surface area contributed by atoms with Crippen molar-refractivity contribution < 1.29 is 27.8 Å². The molecule has 0 aliphatic carbocycles. The quantitative estimate of drug-likeness (QED) is 0.662. The number of amides is 1. The van der Waals surface area contributed by atoms with E-state index in [9.17, 15) is 18.3 Å². The topological polar surface area (TPSA) is 105 Å². The SMILES string of the molecule is O=C(C[C@@H]1CC[C@@H]2[C@H](COC[C@H](O)CN2S(=O)(=O)c2cccc(Cl)c2)O1)Nc1ccccc1. The van der Waals surface area contributed by atoms with Gasteiger partial charge in [0.05, 0.1) is 48.9 Å². The molecule has 2 fully saturated rings. The van der Waals surface area contributed by atoms with Gasteiger partial charge < -0.3 is 19.9 Å². The van der Waals surface area contributed by atoms with Gasteiger partial charge >= 0.3 is 0 Å². The Morgan fingerprint density at radius 1 is 1.12 bits per heavy atom. The number of β-amino-alcohol motifs (C(OH)–C–C–N with tert-alkyl or cyclic N) is 1. The molecule has 0 bridgehead atoms. The summed E-state index contributed by atoms with van der Waals surface area (Å²) in [6.45, 7) is 0.00589. The highest BCUT2D eigenvalue weighted by molar-refractivity contribution is 7.89. The molecule has 0 spiro atoms. The molecule has 0 unspecified atom stereocenters. The maximum atomic E-state index is 13.5. The Morgan fingerprint density at radius 3 is 2.67 bits per heavy atom. The Labute approximate surface area is 198 Å². The number of carbonyl (C=O) groups is 1. The first kappa shape index (κ1) is 24.1. The fourth-order valence-corrected chi connectivity index (χ4v) is 6.29. The van der Waals surface area contributed by atoms with Crippen molar-refractivity contribution in [2.45, 2.75) is 48.5 Å². The third-order valence-corrected chi connectivity index (χ3v) is 7.93. The van der Waals surface area contributed by atoms with Crippen LogP contribution >= 0.6 is 11.6 Å². The molecule has 4 rings (SSSR count). The second-order valence-corrected chi connectivity index (χ2v) is 10.6. The van der Waals surface area contributed by atoms with Gasteiger partial charge in [-0.05, 0) is 43.2 Å². The number of carbonyl (C=O) groups excluding carboxylic acids is 1. The lowest BCUT2D eigenvalue weighted by Gasteiger charge is -2.43. The number of ether oxygens (including phenoxy) is 2. The summed E-state index contributed by atoms with van der Waals surface area (Å²) in [4.78, 5) is 12.5. The minimum atomic E-state index is -3.93. The molecule has 0 aromatic heterocycles. The van der Waals surface area contributed by atoms with E-state index in [-0.39, 0.29) is 43.1 Å². The number of benzene rings is 2. The van der Waals surface area contributed by atoms with Gasteiger partial charge in [0.2, 0.25) is 15.9 Å². The van der Waals surface area contributed by atoms with Gasteiger partial charge in [-0.3, -0.25) is 4.79 Å². The second kappa shape index (κ2) is 10.5. The van der Waals surface area contributed by atoms with E-state index in [0.29, 0.717) is 23.6 Å². The van der Waals surface area contributed by atoms with E-state index in [2.05, 4.69) is 5.32 Å². The fourth-order valence-electron chi connectivity index (χ4n) is 4.27. The van der Waals surface area contributed by atoms with Crippen molar-refractivity contribution in [2.75, 3.05) is 25.1 Å². The number of para-hydroxylation sites is 1. The van der Waals surface area contributed by atoms with Crippen molar-refractivity contribution in [3.63, 3.8) is 0 Å². The molecule has 2 aliphatic heterocycles. The molecule has 10 heteroatoms. The number of fused-ring (bicyclic) bond motifs is 1. The molecule has 2 aromatic carbocycles. The molecule has 1 amide bonds. The highest BCUT2D eigenvalue weighted by Crippen LogP contribution is 2.32. The van der Waals surface area contributed by atoms with E-state index in [1.165, 1.54) is 16.4 Å². The van der Waals surface area contributed by atoms with Crippen LogP contribution in [0.4, 0.5) is 5.69 Å². The number of aliphatic hydroxyl groups is 1. The molecule has 4 atom stereocenters. The smallest absolute Gasteiger partial charge is 0.243 e. The van der Waals surface area contributed by atoms with Crippen LogP contribution in [0.15, 0.2) is 59.5 Å². The molecule has 0 saturated carbocycles. The van der Waals surface area contributed by atoms with E-state index < -0.39 is 28.3 Å². The normalized spacial score (nSPS) is 26.6. The summed E-state index contributed by atoms with van der Waals surface area (Å²) in [5, 5.41) is 13.5. The second-order valence-electron chi connectivity index (χ2n) is 8.28. The van der Waals surface area contributed by atoms with E-state index in [1.54, 1.807) is 12.1 Å². The minimum Gasteiger partial charge on any atom is -0.389 e. The van der Waals surface area contributed by atoms with Crippen LogP contribution in [0.3, 0.4) is 0 Å². The Morgan fingerprint density at radius 2 is 1.91 bits per heavy atom. The van der Waals surface area contributed by atoms with Crippen molar-refractivity contribution >= 4 is 33.2 Å². The summed E-state index contributed by atoms with van der Waals surface area (Å²) < 4.78 is 40.0. The fraction of sp³-hybridized carbons (Fsp3) is 0.435. The number of nitrogens with one attached hydrogen (secondary N) is 1. The van der Waals surface area contributed by atoms with E-state index in [1.807, 2.05) is 30.3 Å². The Balaban J connectivity index is 1.49. The zero-order valence-corrected chi connectivity index (χ0v) is 19.5. The number of anilines is 1. The van der Waals surface area contributed by atoms with Gasteiger partial charge in [-0.1, -0.05) is 35.9 Å². The third kappa shape index (κ3) is 5.92. The molecule has 8 nitrogen and oxygen atoms in total. The van der Waals surface area contributed by atoms with Crippen LogP contribution in [0.1, 0.15) is 19.3 Å². The predicted molar refractivity (Wildman–Crippen MR) is 124 cm³/mol. The van der Waals surface area contributed by atoms with E-state index in [0.717, 1.165) is 0 Å². The Kier molecular flexibility index (Phi) is 7.68. The molecule has 2 heterocycles. The first-order valence-electron chi connectivity index (χ1n) is 10.9. The number of aliphatic hydroxyl groups excluding tert-OH is 1. The lowest BCUT2D eigenvalue weighted by Crippen LogP contribution is -2.57. The van der Waals surface area contributed by atoms with Crippen LogP contribution in [-0.2, 0) is 24.3 Å². The summed E-state index contributed by atoms with van der Waals surface area (Å²) in [5.74, 6) is -0.171. The first-order chi connectivity index (χ1) is 15.8. The number of hydrogen-bond acceptors (Lipinski definition) is 6. The van der Waals surface area contributed by atoms with E-state index >= 15 is 0 Å². The van der Waals surface area contributed by atoms with Crippen LogP contribution in [0.25, 0.3) is 0 Å². The summed E-state index contributed by atoms with van der Waals surface area (Å²) in [5.41, 5.74) is 0.707. The highest BCUT2D eigenvalue weighted by Gasteiger charge is 2.43. The molecular formula is C23H27ClN2O6S. The van der Waals surface area contributed by atoms with Gasteiger partial charge in [0, 0.05) is 17.3 Å². The van der Waals surface area contributed by atoms with Crippen molar-refractivity contribution in [2.24, 2.45) is 0 Å². The molecule has 2 N–H and O–H groups in total. The van der Waals surface area contributed by atoms with Gasteiger partial charge in [-0.15, -0.1) is 0 Å². The van der Waals surface area contributed by atoms with Gasteiger partial charge in [0.25, 0.3) is 0 Å². The standard InChI is InChI=1S/C23H27ClN2O6S/c24-16-5-4-8-20(11-16)33(29,30)26-13-18(27)14-31-15-22-21(26)10-9-19(32-22)12-23(28)25-17-6-2-1-3-7-17/h1-8,11,18-19,21-22,27H,9-10,12-15H2,(H,25,28)/t18-,19+,21-,22+/m1/s1. The molecular weight excluding hydrogens is 468 g/mol. The average molecular weight is 495 g/mol. The maximum Gasteiger partial charge on any atom is 0.243 e. The summed E-state index contributed by atoms with van der Waals surface area (Å²) >= 11 is 6.02. The van der Waals surface area contributed by atoms with Gasteiger partial charge in [-0.25, -0.2) is 8.42 Å². The van der Waals surface area contributed by atoms with Crippen molar-refractivity contribution in [1.29, 1.82) is 0 Å². The largest absolute Gasteiger partial charge is 0.389 e. The maximum absolute atomic E-state index is 13.5. The van der Waals surface area contributed by atoms with Crippen molar-refractivity contribution in [1.82, 2.24) is 4.31 Å². The molecule has 2 aromatic rings. The summed E-state index contributed by atoms with van der Waals surface area (Å²) in [7, 11) is -3.93. The minimum absolute atomic E-state index is 0.00664. The highest BCUT2D eigenvalue weighted by atomic mass is 35.5. The van der Waals surface area contributed by atoms with Gasteiger partial charge in [0.15, 0.2) is 0 Å². The van der Waals surface area contributed by atoms with Crippen molar-refractivity contribution in [3.8, 4) is 0 Å². The number of rotatable bonds is 5. The third-order valence-electron chi connectivity index (χ3n) is 5.81. The van der Waals surface area contributed by atoms with Crippen LogP contribution < -0.4 is 5.32 Å². The van der Waals surface area contributed by atoms with Gasteiger partial charge in [-0.2, -0.15) is 4.31 Å². The predicted octanol–water partition coefficient (Wildman–Crippen LogP) is 2.67. The molecule has 0 radical (unpaired) electrons.